The van der Waals surface area contributed by atoms with E-state index in [1.54, 1.807) is 7.11 Å². The average molecular weight is 430 g/mol. The van der Waals surface area contributed by atoms with Crippen molar-refractivity contribution in [3.8, 4) is 11.3 Å². The van der Waals surface area contributed by atoms with E-state index in [0.29, 0.717) is 39.3 Å². The first-order valence-corrected chi connectivity index (χ1v) is 10.9. The third kappa shape index (κ3) is 6.31. The van der Waals surface area contributed by atoms with Gasteiger partial charge in [0.2, 0.25) is 11.8 Å². The van der Waals surface area contributed by atoms with Crippen molar-refractivity contribution in [1.29, 1.82) is 0 Å². The first-order chi connectivity index (χ1) is 14.8. The van der Waals surface area contributed by atoms with Crippen molar-refractivity contribution < 1.29 is 18.8 Å². The summed E-state index contributed by atoms with van der Waals surface area (Å²) in [6, 6.07) is 8.21. The molecule has 7 nitrogen and oxygen atoms in total. The summed E-state index contributed by atoms with van der Waals surface area (Å²) in [6.07, 6.45) is 0.467. The van der Waals surface area contributed by atoms with Crippen LogP contribution in [0.3, 0.4) is 0 Å². The van der Waals surface area contributed by atoms with Gasteiger partial charge >= 0.3 is 0 Å². The number of benzene rings is 1. The Morgan fingerprint density at radius 3 is 2.65 bits per heavy atom. The highest BCUT2D eigenvalue weighted by Gasteiger charge is 2.28. The van der Waals surface area contributed by atoms with E-state index < -0.39 is 0 Å². The Hall–Kier alpha value is -2.38. The molecule has 1 fully saturated rings. The van der Waals surface area contributed by atoms with E-state index in [1.165, 1.54) is 0 Å². The topological polar surface area (TPSA) is 68.0 Å². The Balaban J connectivity index is 1.98. The van der Waals surface area contributed by atoms with Gasteiger partial charge in [0.15, 0.2) is 0 Å². The summed E-state index contributed by atoms with van der Waals surface area (Å²) in [6.45, 7) is 12.5. The molecule has 31 heavy (non-hydrogen) atoms. The second-order valence-corrected chi connectivity index (χ2v) is 9.33. The van der Waals surface area contributed by atoms with Gasteiger partial charge in [0.25, 0.3) is 0 Å². The van der Waals surface area contributed by atoms with Crippen molar-refractivity contribution in [2.75, 3.05) is 51.5 Å². The summed E-state index contributed by atoms with van der Waals surface area (Å²) in [5.41, 5.74) is 3.78. The molecule has 1 aromatic carbocycles. The molecule has 1 aliphatic rings. The number of ether oxygens (including phenoxy) is 2. The fourth-order valence-corrected chi connectivity index (χ4v) is 3.73. The zero-order valence-corrected chi connectivity index (χ0v) is 19.4. The Kier molecular flexibility index (Phi) is 7.73. The number of morpholine rings is 1. The second-order valence-electron chi connectivity index (χ2n) is 9.33. The molecule has 1 aromatic heterocycles. The molecule has 0 spiro atoms. The first-order valence-electron chi connectivity index (χ1n) is 10.9. The minimum Gasteiger partial charge on any atom is -0.383 e. The molecule has 2 aromatic rings. The van der Waals surface area contributed by atoms with Crippen molar-refractivity contribution in [1.82, 2.24) is 10.1 Å². The fourth-order valence-electron chi connectivity index (χ4n) is 3.73. The lowest BCUT2D eigenvalue weighted by Crippen LogP contribution is -2.38. The van der Waals surface area contributed by atoms with E-state index in [4.69, 9.17) is 14.0 Å². The number of hydrogen-bond donors (Lipinski definition) is 0. The van der Waals surface area contributed by atoms with Crippen molar-refractivity contribution in [3.05, 3.63) is 35.4 Å². The summed E-state index contributed by atoms with van der Waals surface area (Å²) in [4.78, 5) is 17.2. The van der Waals surface area contributed by atoms with Gasteiger partial charge in [-0.05, 0) is 18.4 Å². The molecule has 1 saturated heterocycles. The quantitative estimate of drug-likeness (QED) is 0.634. The van der Waals surface area contributed by atoms with Gasteiger partial charge in [-0.2, -0.15) is 0 Å². The van der Waals surface area contributed by atoms with Crippen LogP contribution in [0, 0.1) is 12.3 Å². The molecule has 2 heterocycles. The molecule has 0 bridgehead atoms. The Labute approximate surface area is 185 Å². The van der Waals surface area contributed by atoms with Gasteiger partial charge in [-0.1, -0.05) is 49.7 Å². The molecule has 0 aliphatic carbocycles. The minimum atomic E-state index is -0.0938. The summed E-state index contributed by atoms with van der Waals surface area (Å²) < 4.78 is 16.7. The van der Waals surface area contributed by atoms with Crippen LogP contribution in [-0.2, 0) is 20.8 Å². The SMILES string of the molecule is COCCN(Cc1c(-c2cccc(C)c2)noc1N1CCOCC1)C(=O)CC(C)(C)C. The largest absolute Gasteiger partial charge is 0.383 e. The lowest BCUT2D eigenvalue weighted by molar-refractivity contribution is -0.134. The predicted molar refractivity (Wildman–Crippen MR) is 121 cm³/mol. The highest BCUT2D eigenvalue weighted by Crippen LogP contribution is 2.34. The molecule has 1 aliphatic heterocycles. The van der Waals surface area contributed by atoms with Crippen LogP contribution >= 0.6 is 0 Å². The molecule has 0 radical (unpaired) electrons. The Morgan fingerprint density at radius 1 is 1.26 bits per heavy atom. The van der Waals surface area contributed by atoms with E-state index in [1.807, 2.05) is 17.0 Å². The summed E-state index contributed by atoms with van der Waals surface area (Å²) in [5, 5.41) is 4.44. The highest BCUT2D eigenvalue weighted by atomic mass is 16.5. The Bertz CT molecular complexity index is 866. The maximum atomic E-state index is 13.2. The number of anilines is 1. The number of carbonyl (C=O) groups excluding carboxylic acids is 1. The van der Waals surface area contributed by atoms with Gasteiger partial charge in [-0.3, -0.25) is 4.79 Å². The number of methoxy groups -OCH3 is 1. The maximum absolute atomic E-state index is 13.2. The average Bonchev–Trinajstić information content (AvgIpc) is 3.14. The molecule has 0 saturated carbocycles. The van der Waals surface area contributed by atoms with Gasteiger partial charge in [0.1, 0.15) is 5.69 Å². The van der Waals surface area contributed by atoms with Crippen molar-refractivity contribution >= 4 is 11.8 Å². The highest BCUT2D eigenvalue weighted by molar-refractivity contribution is 5.78. The van der Waals surface area contributed by atoms with Crippen molar-refractivity contribution in [2.45, 2.75) is 40.7 Å². The lowest BCUT2D eigenvalue weighted by Gasteiger charge is -2.29. The molecule has 1 amide bonds. The maximum Gasteiger partial charge on any atom is 0.233 e. The van der Waals surface area contributed by atoms with E-state index >= 15 is 0 Å². The molecule has 3 rings (SSSR count). The van der Waals surface area contributed by atoms with Crippen LogP contribution in [0.5, 0.6) is 0 Å². The van der Waals surface area contributed by atoms with Crippen LogP contribution in [0.15, 0.2) is 28.8 Å². The van der Waals surface area contributed by atoms with Crippen molar-refractivity contribution in [2.24, 2.45) is 5.41 Å². The lowest BCUT2D eigenvalue weighted by atomic mass is 9.91. The van der Waals surface area contributed by atoms with Crippen LogP contribution in [0.1, 0.15) is 38.3 Å². The second kappa shape index (κ2) is 10.3. The van der Waals surface area contributed by atoms with Crippen molar-refractivity contribution in [3.63, 3.8) is 0 Å². The van der Waals surface area contributed by atoms with E-state index in [-0.39, 0.29) is 11.3 Å². The monoisotopic (exact) mass is 429 g/mol. The van der Waals surface area contributed by atoms with Crippen LogP contribution in [0.25, 0.3) is 11.3 Å². The molecule has 0 N–H and O–H groups in total. The van der Waals surface area contributed by atoms with Gasteiger partial charge in [-0.15, -0.1) is 0 Å². The predicted octanol–water partition coefficient (Wildman–Crippen LogP) is 3.90. The fraction of sp³-hybridized carbons (Fsp3) is 0.583. The van der Waals surface area contributed by atoms with Gasteiger partial charge in [0.05, 0.1) is 31.9 Å². The van der Waals surface area contributed by atoms with E-state index in [2.05, 4.69) is 49.9 Å². The third-order valence-electron chi connectivity index (χ3n) is 5.31. The summed E-state index contributed by atoms with van der Waals surface area (Å²) in [5.74, 6) is 0.833. The first kappa shape index (κ1) is 23.3. The number of carbonyl (C=O) groups is 1. The molecular weight excluding hydrogens is 394 g/mol. The zero-order chi connectivity index (χ0) is 22.4. The van der Waals surface area contributed by atoms with Crippen LogP contribution in [0.4, 0.5) is 5.88 Å². The number of aromatic nitrogens is 1. The van der Waals surface area contributed by atoms with Gasteiger partial charge in [-0.25, -0.2) is 0 Å². The smallest absolute Gasteiger partial charge is 0.233 e. The molecule has 0 unspecified atom stereocenters. The summed E-state index contributed by atoms with van der Waals surface area (Å²) in [7, 11) is 1.66. The number of rotatable bonds is 8. The number of hydrogen-bond acceptors (Lipinski definition) is 6. The molecular formula is C24H35N3O4. The molecule has 7 heteroatoms. The van der Waals surface area contributed by atoms with Crippen LogP contribution < -0.4 is 4.90 Å². The van der Waals surface area contributed by atoms with Crippen LogP contribution in [0.2, 0.25) is 0 Å². The number of amides is 1. The Morgan fingerprint density at radius 2 is 2.00 bits per heavy atom. The van der Waals surface area contributed by atoms with E-state index in [0.717, 1.165) is 41.4 Å². The molecule has 0 atom stereocenters. The normalized spacial score (nSPS) is 14.7. The third-order valence-corrected chi connectivity index (χ3v) is 5.31. The van der Waals surface area contributed by atoms with Gasteiger partial charge < -0.3 is 23.8 Å². The number of aryl methyl sites for hydroxylation is 1. The van der Waals surface area contributed by atoms with Crippen LogP contribution in [-0.4, -0.2) is 62.5 Å². The van der Waals surface area contributed by atoms with E-state index in [9.17, 15) is 4.79 Å². The van der Waals surface area contributed by atoms with Gasteiger partial charge in [0, 0.05) is 38.7 Å². The number of nitrogens with zero attached hydrogens (tertiary/aromatic N) is 3. The summed E-state index contributed by atoms with van der Waals surface area (Å²) >= 11 is 0. The zero-order valence-electron chi connectivity index (χ0n) is 19.4. The molecule has 170 valence electrons. The minimum absolute atomic E-state index is 0.0938. The standard InChI is InChI=1S/C24H35N3O4/c1-18-7-6-8-19(15-18)22-20(23(31-25-22)26-10-13-30-14-11-26)17-27(9-12-29-5)21(28)16-24(2,3)4/h6-8,15H,9-14,16-17H2,1-5H3.